The van der Waals surface area contributed by atoms with Crippen LogP contribution in [0.1, 0.15) is 21.5 Å². The summed E-state index contributed by atoms with van der Waals surface area (Å²) in [7, 11) is 3.31. The standard InChI is InChI=1S/C16H16BrIO2/c1-10-8-14(19-2)15(20-3)9-12(10)16(17)11-6-4-5-7-13(11)18/h4-9,16H,1-3H3. The van der Waals surface area contributed by atoms with Crippen LogP contribution in [0.4, 0.5) is 0 Å². The normalized spacial score (nSPS) is 12.1. The monoisotopic (exact) mass is 446 g/mol. The van der Waals surface area contributed by atoms with Crippen molar-refractivity contribution in [3.63, 3.8) is 0 Å². The van der Waals surface area contributed by atoms with Gasteiger partial charge >= 0.3 is 0 Å². The first-order valence-corrected chi connectivity index (χ1v) is 8.19. The molecule has 0 aliphatic carbocycles. The molecule has 20 heavy (non-hydrogen) atoms. The molecule has 0 bridgehead atoms. The van der Waals surface area contributed by atoms with Gasteiger partial charge in [0.25, 0.3) is 0 Å². The van der Waals surface area contributed by atoms with Gasteiger partial charge in [-0.05, 0) is 64.4 Å². The van der Waals surface area contributed by atoms with Crippen LogP contribution < -0.4 is 9.47 Å². The van der Waals surface area contributed by atoms with Gasteiger partial charge in [-0.1, -0.05) is 34.1 Å². The Morgan fingerprint density at radius 2 is 1.60 bits per heavy atom. The van der Waals surface area contributed by atoms with Crippen molar-refractivity contribution < 1.29 is 9.47 Å². The zero-order chi connectivity index (χ0) is 14.7. The van der Waals surface area contributed by atoms with Gasteiger partial charge in [0.1, 0.15) is 0 Å². The Kier molecular flexibility index (Phi) is 5.32. The molecule has 2 aromatic rings. The molecule has 106 valence electrons. The van der Waals surface area contributed by atoms with Crippen molar-refractivity contribution in [3.8, 4) is 11.5 Å². The molecule has 0 aromatic heterocycles. The van der Waals surface area contributed by atoms with E-state index in [0.29, 0.717) is 0 Å². The van der Waals surface area contributed by atoms with Crippen molar-refractivity contribution in [2.24, 2.45) is 0 Å². The summed E-state index contributed by atoms with van der Waals surface area (Å²) >= 11 is 6.16. The fraction of sp³-hybridized carbons (Fsp3) is 0.250. The van der Waals surface area contributed by atoms with Gasteiger partial charge in [-0.3, -0.25) is 0 Å². The van der Waals surface area contributed by atoms with Crippen LogP contribution in [0.25, 0.3) is 0 Å². The number of ether oxygens (including phenoxy) is 2. The highest BCUT2D eigenvalue weighted by Gasteiger charge is 2.18. The summed E-state index contributed by atoms with van der Waals surface area (Å²) in [5.74, 6) is 1.51. The van der Waals surface area contributed by atoms with E-state index in [4.69, 9.17) is 9.47 Å². The second-order valence-electron chi connectivity index (χ2n) is 4.45. The number of methoxy groups -OCH3 is 2. The summed E-state index contributed by atoms with van der Waals surface area (Å²) < 4.78 is 12.0. The summed E-state index contributed by atoms with van der Waals surface area (Å²) in [4.78, 5) is 0.135. The smallest absolute Gasteiger partial charge is 0.161 e. The molecule has 0 amide bonds. The van der Waals surface area contributed by atoms with Crippen LogP contribution >= 0.6 is 38.5 Å². The first-order chi connectivity index (χ1) is 9.58. The Morgan fingerprint density at radius 1 is 1.00 bits per heavy atom. The summed E-state index contributed by atoms with van der Waals surface area (Å²) in [6.07, 6.45) is 0. The lowest BCUT2D eigenvalue weighted by Gasteiger charge is -2.18. The lowest BCUT2D eigenvalue weighted by molar-refractivity contribution is 0.354. The number of hydrogen-bond acceptors (Lipinski definition) is 2. The number of aryl methyl sites for hydroxylation is 1. The predicted molar refractivity (Wildman–Crippen MR) is 94.2 cm³/mol. The molecule has 0 fully saturated rings. The fourth-order valence-electron chi connectivity index (χ4n) is 2.12. The van der Waals surface area contributed by atoms with Gasteiger partial charge in [0.05, 0.1) is 19.0 Å². The van der Waals surface area contributed by atoms with Crippen molar-refractivity contribution in [3.05, 3.63) is 56.7 Å². The van der Waals surface area contributed by atoms with E-state index in [1.54, 1.807) is 14.2 Å². The minimum atomic E-state index is 0.135. The zero-order valence-electron chi connectivity index (χ0n) is 11.6. The first kappa shape index (κ1) is 15.6. The fourth-order valence-corrected chi connectivity index (χ4v) is 4.14. The first-order valence-electron chi connectivity index (χ1n) is 6.19. The molecule has 0 spiro atoms. The highest BCUT2D eigenvalue weighted by Crippen LogP contribution is 2.40. The number of benzene rings is 2. The zero-order valence-corrected chi connectivity index (χ0v) is 15.4. The van der Waals surface area contributed by atoms with E-state index >= 15 is 0 Å². The third-order valence-electron chi connectivity index (χ3n) is 3.22. The molecular weight excluding hydrogens is 431 g/mol. The topological polar surface area (TPSA) is 18.5 Å². The molecule has 1 unspecified atom stereocenters. The van der Waals surface area contributed by atoms with Gasteiger partial charge in [0.2, 0.25) is 0 Å². The quantitative estimate of drug-likeness (QED) is 0.480. The van der Waals surface area contributed by atoms with Crippen LogP contribution in [-0.4, -0.2) is 14.2 Å². The largest absolute Gasteiger partial charge is 0.493 e. The number of hydrogen-bond donors (Lipinski definition) is 0. The molecule has 0 aliphatic heterocycles. The maximum atomic E-state index is 5.40. The number of alkyl halides is 1. The van der Waals surface area contributed by atoms with E-state index < -0.39 is 0 Å². The van der Waals surface area contributed by atoms with E-state index in [9.17, 15) is 0 Å². The minimum Gasteiger partial charge on any atom is -0.493 e. The van der Waals surface area contributed by atoms with Crippen LogP contribution in [0.2, 0.25) is 0 Å². The average molecular weight is 447 g/mol. The van der Waals surface area contributed by atoms with Gasteiger partial charge in [0, 0.05) is 3.57 Å². The van der Waals surface area contributed by atoms with Crippen LogP contribution in [-0.2, 0) is 0 Å². The molecule has 0 aliphatic rings. The van der Waals surface area contributed by atoms with Crippen LogP contribution in [0.5, 0.6) is 11.5 Å². The van der Waals surface area contributed by atoms with Crippen molar-refractivity contribution >= 4 is 38.5 Å². The van der Waals surface area contributed by atoms with Gasteiger partial charge in [-0.2, -0.15) is 0 Å². The molecule has 1 atom stereocenters. The maximum absolute atomic E-state index is 5.40. The van der Waals surface area contributed by atoms with E-state index in [-0.39, 0.29) is 4.83 Å². The SMILES string of the molecule is COc1cc(C)c(C(Br)c2ccccc2I)cc1OC. The molecule has 2 rings (SSSR count). The molecule has 0 N–H and O–H groups in total. The van der Waals surface area contributed by atoms with Crippen molar-refractivity contribution in [1.82, 2.24) is 0 Å². The van der Waals surface area contributed by atoms with Crippen LogP contribution in [0.3, 0.4) is 0 Å². The third kappa shape index (κ3) is 3.11. The number of rotatable bonds is 4. The Labute approximate surface area is 141 Å². The lowest BCUT2D eigenvalue weighted by Crippen LogP contribution is -2.00. The average Bonchev–Trinajstić information content (AvgIpc) is 2.46. The maximum Gasteiger partial charge on any atom is 0.161 e. The second-order valence-corrected chi connectivity index (χ2v) is 6.53. The van der Waals surface area contributed by atoms with Gasteiger partial charge in [-0.25, -0.2) is 0 Å². The van der Waals surface area contributed by atoms with Crippen molar-refractivity contribution in [1.29, 1.82) is 0 Å². The molecule has 0 saturated heterocycles. The van der Waals surface area contributed by atoms with Crippen molar-refractivity contribution in [2.45, 2.75) is 11.8 Å². The molecule has 4 heteroatoms. The Balaban J connectivity index is 2.50. The second kappa shape index (κ2) is 6.80. The highest BCUT2D eigenvalue weighted by atomic mass is 127. The van der Waals surface area contributed by atoms with E-state index in [1.807, 2.05) is 18.2 Å². The molecule has 0 radical (unpaired) electrons. The van der Waals surface area contributed by atoms with Gasteiger partial charge in [0.15, 0.2) is 11.5 Å². The van der Waals surface area contributed by atoms with E-state index in [0.717, 1.165) is 11.5 Å². The summed E-state index contributed by atoms with van der Waals surface area (Å²) in [6.45, 7) is 2.08. The summed E-state index contributed by atoms with van der Waals surface area (Å²) in [6, 6.07) is 12.4. The Bertz CT molecular complexity index is 613. The summed E-state index contributed by atoms with van der Waals surface area (Å²) in [5.41, 5.74) is 3.61. The molecular formula is C16H16BrIO2. The Morgan fingerprint density at radius 3 is 2.20 bits per heavy atom. The minimum absolute atomic E-state index is 0.135. The highest BCUT2D eigenvalue weighted by molar-refractivity contribution is 14.1. The van der Waals surface area contributed by atoms with Crippen molar-refractivity contribution in [2.75, 3.05) is 14.2 Å². The molecule has 0 heterocycles. The van der Waals surface area contributed by atoms with Gasteiger partial charge in [-0.15, -0.1) is 0 Å². The Hall–Kier alpha value is -0.750. The molecule has 2 aromatic carbocycles. The molecule has 2 nitrogen and oxygen atoms in total. The molecule has 0 saturated carbocycles. The predicted octanol–water partition coefficient (Wildman–Crippen LogP) is 5.10. The van der Waals surface area contributed by atoms with Crippen LogP contribution in [0, 0.1) is 10.5 Å². The van der Waals surface area contributed by atoms with Gasteiger partial charge < -0.3 is 9.47 Å². The van der Waals surface area contributed by atoms with E-state index in [2.05, 4.69) is 63.6 Å². The summed E-state index contributed by atoms with van der Waals surface area (Å²) in [5, 5.41) is 0. The van der Waals surface area contributed by atoms with E-state index in [1.165, 1.54) is 20.3 Å². The third-order valence-corrected chi connectivity index (χ3v) is 5.19. The van der Waals surface area contributed by atoms with Crippen LogP contribution in [0.15, 0.2) is 36.4 Å². The number of halogens is 2. The lowest BCUT2D eigenvalue weighted by atomic mass is 9.99.